The molecule has 0 aromatic heterocycles. The first kappa shape index (κ1) is 12.7. The highest BCUT2D eigenvalue weighted by Crippen LogP contribution is 2.23. The van der Waals surface area contributed by atoms with Crippen LogP contribution < -0.4 is 0 Å². The summed E-state index contributed by atoms with van der Waals surface area (Å²) >= 11 is 0. The van der Waals surface area contributed by atoms with Crippen LogP contribution in [0.3, 0.4) is 0 Å². The first-order valence-electron chi connectivity index (χ1n) is 6.65. The van der Waals surface area contributed by atoms with E-state index in [1.165, 1.54) is 4.90 Å². The Hall–Kier alpha value is -2.36. The molecule has 1 aliphatic rings. The fraction of sp³-hybridized carbons (Fsp3) is 0.250. The van der Waals surface area contributed by atoms with Crippen molar-refractivity contribution in [3.05, 3.63) is 48.0 Å². The van der Waals surface area contributed by atoms with Crippen molar-refractivity contribution < 1.29 is 14.7 Å². The Balaban J connectivity index is 1.88. The molecule has 4 nitrogen and oxygen atoms in total. The molecule has 1 amide bonds. The van der Waals surface area contributed by atoms with Crippen molar-refractivity contribution >= 4 is 22.6 Å². The van der Waals surface area contributed by atoms with E-state index in [0.29, 0.717) is 19.4 Å². The predicted molar refractivity (Wildman–Crippen MR) is 75.2 cm³/mol. The lowest BCUT2D eigenvalue weighted by Crippen LogP contribution is -2.37. The maximum atomic E-state index is 11.8. The lowest BCUT2D eigenvalue weighted by Gasteiger charge is -2.21. The largest absolute Gasteiger partial charge is 0.480 e. The van der Waals surface area contributed by atoms with Crippen molar-refractivity contribution in [2.75, 3.05) is 0 Å². The third-order valence-electron chi connectivity index (χ3n) is 3.78. The molecule has 0 radical (unpaired) electrons. The van der Waals surface area contributed by atoms with Crippen molar-refractivity contribution in [1.82, 2.24) is 4.90 Å². The summed E-state index contributed by atoms with van der Waals surface area (Å²) in [6.45, 7) is 0.362. The quantitative estimate of drug-likeness (QED) is 0.931. The highest BCUT2D eigenvalue weighted by molar-refractivity contribution is 5.87. The van der Waals surface area contributed by atoms with Gasteiger partial charge in [-0.2, -0.15) is 0 Å². The minimum atomic E-state index is -0.920. The fourth-order valence-electron chi connectivity index (χ4n) is 2.72. The third-order valence-corrected chi connectivity index (χ3v) is 3.78. The summed E-state index contributed by atoms with van der Waals surface area (Å²) < 4.78 is 0. The molecule has 2 aromatic carbocycles. The van der Waals surface area contributed by atoms with Crippen LogP contribution in [0.25, 0.3) is 10.8 Å². The third kappa shape index (κ3) is 2.25. The van der Waals surface area contributed by atoms with Gasteiger partial charge in [-0.3, -0.25) is 4.79 Å². The van der Waals surface area contributed by atoms with E-state index >= 15 is 0 Å². The van der Waals surface area contributed by atoms with Crippen LogP contribution in [-0.2, 0) is 16.1 Å². The van der Waals surface area contributed by atoms with E-state index in [2.05, 4.69) is 0 Å². The number of carbonyl (C=O) groups excluding carboxylic acids is 1. The summed E-state index contributed by atoms with van der Waals surface area (Å²) in [7, 11) is 0. The summed E-state index contributed by atoms with van der Waals surface area (Å²) in [5.74, 6) is -0.998. The molecule has 3 rings (SSSR count). The number of benzene rings is 2. The molecular weight excluding hydrogens is 254 g/mol. The van der Waals surface area contributed by atoms with E-state index < -0.39 is 12.0 Å². The van der Waals surface area contributed by atoms with E-state index in [9.17, 15) is 9.59 Å². The van der Waals surface area contributed by atoms with Crippen LogP contribution >= 0.6 is 0 Å². The summed E-state index contributed by atoms with van der Waals surface area (Å²) in [5, 5.41) is 11.4. The van der Waals surface area contributed by atoms with Gasteiger partial charge in [0.2, 0.25) is 5.91 Å². The molecule has 1 aliphatic heterocycles. The van der Waals surface area contributed by atoms with E-state index in [1.54, 1.807) is 0 Å². The van der Waals surface area contributed by atoms with Crippen LogP contribution in [-0.4, -0.2) is 27.9 Å². The Bertz CT molecular complexity index is 680. The Labute approximate surface area is 116 Å². The number of carboxylic acids is 1. The Morgan fingerprint density at radius 3 is 2.70 bits per heavy atom. The highest BCUT2D eigenvalue weighted by atomic mass is 16.4. The zero-order chi connectivity index (χ0) is 14.1. The van der Waals surface area contributed by atoms with Gasteiger partial charge in [0.25, 0.3) is 0 Å². The Morgan fingerprint density at radius 1 is 1.20 bits per heavy atom. The molecule has 1 unspecified atom stereocenters. The van der Waals surface area contributed by atoms with E-state index in [0.717, 1.165) is 16.3 Å². The number of fused-ring (bicyclic) bond motifs is 1. The molecule has 1 N–H and O–H groups in total. The molecule has 1 fully saturated rings. The number of amides is 1. The molecule has 0 saturated carbocycles. The van der Waals surface area contributed by atoms with Gasteiger partial charge in [0.1, 0.15) is 6.04 Å². The van der Waals surface area contributed by atoms with Gasteiger partial charge in [0.05, 0.1) is 0 Å². The van der Waals surface area contributed by atoms with Crippen LogP contribution in [0.4, 0.5) is 0 Å². The predicted octanol–water partition coefficient (Wildman–Crippen LogP) is 2.42. The summed E-state index contributed by atoms with van der Waals surface area (Å²) in [4.78, 5) is 24.5. The van der Waals surface area contributed by atoms with Crippen molar-refractivity contribution in [2.45, 2.75) is 25.4 Å². The standard InChI is InChI=1S/C16H15NO3/c18-15-8-7-14(16(19)20)17(15)10-11-5-6-12-3-1-2-4-13(12)9-11/h1-6,9,14H,7-8,10H2,(H,19,20). The van der Waals surface area contributed by atoms with Gasteiger partial charge in [-0.1, -0.05) is 36.4 Å². The summed E-state index contributed by atoms with van der Waals surface area (Å²) in [6.07, 6.45) is 0.728. The lowest BCUT2D eigenvalue weighted by atomic mass is 10.1. The topological polar surface area (TPSA) is 57.6 Å². The fourth-order valence-corrected chi connectivity index (χ4v) is 2.72. The van der Waals surface area contributed by atoms with E-state index in [-0.39, 0.29) is 5.91 Å². The second-order valence-electron chi connectivity index (χ2n) is 5.10. The molecule has 0 spiro atoms. The first-order valence-corrected chi connectivity index (χ1v) is 6.65. The number of nitrogens with zero attached hydrogens (tertiary/aromatic N) is 1. The van der Waals surface area contributed by atoms with Crippen LogP contribution in [0.1, 0.15) is 18.4 Å². The Kier molecular flexibility index (Phi) is 3.14. The molecule has 4 heteroatoms. The monoisotopic (exact) mass is 269 g/mol. The maximum Gasteiger partial charge on any atom is 0.326 e. The molecule has 1 heterocycles. The molecule has 0 bridgehead atoms. The second-order valence-corrected chi connectivity index (χ2v) is 5.10. The molecule has 1 atom stereocenters. The van der Waals surface area contributed by atoms with Crippen molar-refractivity contribution in [3.63, 3.8) is 0 Å². The Morgan fingerprint density at radius 2 is 1.95 bits per heavy atom. The first-order chi connectivity index (χ1) is 9.65. The van der Waals surface area contributed by atoms with Gasteiger partial charge < -0.3 is 10.0 Å². The molecular formula is C16H15NO3. The summed E-state index contributed by atoms with van der Waals surface area (Å²) in [5.41, 5.74) is 0.963. The molecule has 20 heavy (non-hydrogen) atoms. The summed E-state index contributed by atoms with van der Waals surface area (Å²) in [6, 6.07) is 13.3. The number of aliphatic carboxylic acids is 1. The number of likely N-dealkylation sites (tertiary alicyclic amines) is 1. The number of rotatable bonds is 3. The van der Waals surface area contributed by atoms with Crippen LogP contribution in [0.15, 0.2) is 42.5 Å². The zero-order valence-corrected chi connectivity index (χ0v) is 11.0. The van der Waals surface area contributed by atoms with Crippen LogP contribution in [0, 0.1) is 0 Å². The number of carbonyl (C=O) groups is 2. The SMILES string of the molecule is O=C(O)C1CCC(=O)N1Cc1ccc2ccccc2c1. The minimum absolute atomic E-state index is 0.0782. The minimum Gasteiger partial charge on any atom is -0.480 e. The smallest absolute Gasteiger partial charge is 0.326 e. The van der Waals surface area contributed by atoms with Crippen molar-refractivity contribution in [3.8, 4) is 0 Å². The number of hydrogen-bond donors (Lipinski definition) is 1. The van der Waals surface area contributed by atoms with Gasteiger partial charge in [-0.05, 0) is 28.8 Å². The van der Waals surface area contributed by atoms with E-state index in [1.807, 2.05) is 42.5 Å². The van der Waals surface area contributed by atoms with Crippen molar-refractivity contribution in [2.24, 2.45) is 0 Å². The average Bonchev–Trinajstić information content (AvgIpc) is 2.80. The maximum absolute atomic E-state index is 11.8. The van der Waals surface area contributed by atoms with Crippen LogP contribution in [0.5, 0.6) is 0 Å². The molecule has 1 saturated heterocycles. The van der Waals surface area contributed by atoms with Gasteiger partial charge in [0.15, 0.2) is 0 Å². The second kappa shape index (κ2) is 4.96. The number of carboxylic acid groups (broad SMARTS) is 1. The molecule has 102 valence electrons. The highest BCUT2D eigenvalue weighted by Gasteiger charge is 2.35. The average molecular weight is 269 g/mol. The normalized spacial score (nSPS) is 18.7. The lowest BCUT2D eigenvalue weighted by molar-refractivity contribution is -0.146. The van der Waals surface area contributed by atoms with Gasteiger partial charge in [-0.25, -0.2) is 4.79 Å². The molecule has 2 aromatic rings. The van der Waals surface area contributed by atoms with Gasteiger partial charge in [0, 0.05) is 13.0 Å². The number of hydrogen-bond acceptors (Lipinski definition) is 2. The molecule has 0 aliphatic carbocycles. The zero-order valence-electron chi connectivity index (χ0n) is 11.0. The van der Waals surface area contributed by atoms with Gasteiger partial charge >= 0.3 is 5.97 Å². The van der Waals surface area contributed by atoms with Gasteiger partial charge in [-0.15, -0.1) is 0 Å². The van der Waals surface area contributed by atoms with E-state index in [4.69, 9.17) is 5.11 Å². The van der Waals surface area contributed by atoms with Crippen molar-refractivity contribution in [1.29, 1.82) is 0 Å². The van der Waals surface area contributed by atoms with Crippen LogP contribution in [0.2, 0.25) is 0 Å².